The number of nitrogens with zero attached hydrogens (tertiary/aromatic N) is 2. The van der Waals surface area contributed by atoms with E-state index in [1.54, 1.807) is 11.9 Å². The second-order valence-corrected chi connectivity index (χ2v) is 6.78. The fraction of sp³-hybridized carbons (Fsp3) is 0.273. The van der Waals surface area contributed by atoms with Crippen LogP contribution in [0.4, 0.5) is 0 Å². The molecule has 0 bridgehead atoms. The number of fused-ring (bicyclic) bond motifs is 1. The Morgan fingerprint density at radius 3 is 2.44 bits per heavy atom. The van der Waals surface area contributed by atoms with Gasteiger partial charge in [-0.25, -0.2) is 5.01 Å². The van der Waals surface area contributed by atoms with Crippen LogP contribution in [0.3, 0.4) is 0 Å². The Labute approximate surface area is 148 Å². The smallest absolute Gasteiger partial charge is 0.240 e. The molecule has 2 aromatic carbocycles. The second-order valence-electron chi connectivity index (χ2n) is 6.78. The van der Waals surface area contributed by atoms with E-state index in [0.29, 0.717) is 0 Å². The summed E-state index contributed by atoms with van der Waals surface area (Å²) in [5.41, 5.74) is 4.73. The number of hydrogen-bond donors (Lipinski definition) is 0. The topological polar surface area (TPSA) is 32.7 Å². The lowest BCUT2D eigenvalue weighted by Gasteiger charge is -2.29. The van der Waals surface area contributed by atoms with Gasteiger partial charge in [0.05, 0.1) is 11.8 Å². The highest BCUT2D eigenvalue weighted by molar-refractivity contribution is 6.08. The minimum Gasteiger partial charge on any atom is -0.273 e. The van der Waals surface area contributed by atoms with Gasteiger partial charge in [0.15, 0.2) is 0 Å². The average Bonchev–Trinajstić information content (AvgIpc) is 3.04. The first-order valence-electron chi connectivity index (χ1n) is 8.93. The van der Waals surface area contributed by atoms with Gasteiger partial charge in [0.25, 0.3) is 0 Å². The Kier molecular flexibility index (Phi) is 4.22. The van der Waals surface area contributed by atoms with Crippen LogP contribution in [0.15, 0.2) is 71.3 Å². The van der Waals surface area contributed by atoms with E-state index >= 15 is 0 Å². The quantitative estimate of drug-likeness (QED) is 0.776. The van der Waals surface area contributed by atoms with E-state index in [0.717, 1.165) is 25.0 Å². The van der Waals surface area contributed by atoms with Gasteiger partial charge in [-0.15, -0.1) is 0 Å². The number of hydrogen-bond acceptors (Lipinski definition) is 2. The highest BCUT2D eigenvalue weighted by Crippen LogP contribution is 2.44. The SMILES string of the molecule is CC(=O)N1N=C2/C(=C\c3ccccc3)CCC[C@H]2[C@@H]1c1ccccc1. The van der Waals surface area contributed by atoms with Crippen LogP contribution in [-0.4, -0.2) is 16.6 Å². The monoisotopic (exact) mass is 330 g/mol. The summed E-state index contributed by atoms with van der Waals surface area (Å²) in [6, 6.07) is 20.7. The molecule has 2 atom stereocenters. The van der Waals surface area contributed by atoms with Gasteiger partial charge in [-0.1, -0.05) is 60.7 Å². The molecular formula is C22H22N2O. The number of rotatable bonds is 2. The number of carbonyl (C=O) groups is 1. The molecule has 1 aliphatic carbocycles. The fourth-order valence-electron chi connectivity index (χ4n) is 4.00. The van der Waals surface area contributed by atoms with Crippen LogP contribution in [0, 0.1) is 5.92 Å². The summed E-state index contributed by atoms with van der Waals surface area (Å²) in [5, 5.41) is 6.47. The maximum atomic E-state index is 12.2. The molecule has 3 heteroatoms. The van der Waals surface area contributed by atoms with Crippen molar-refractivity contribution in [3.05, 3.63) is 77.4 Å². The number of allylic oxidation sites excluding steroid dienone is 1. The first-order chi connectivity index (χ1) is 12.2. The van der Waals surface area contributed by atoms with Crippen molar-refractivity contribution in [1.82, 2.24) is 5.01 Å². The molecule has 0 unspecified atom stereocenters. The van der Waals surface area contributed by atoms with Crippen molar-refractivity contribution < 1.29 is 4.79 Å². The van der Waals surface area contributed by atoms with Crippen LogP contribution in [0.1, 0.15) is 43.4 Å². The number of benzene rings is 2. The summed E-state index contributed by atoms with van der Waals surface area (Å²) in [4.78, 5) is 12.2. The molecule has 25 heavy (non-hydrogen) atoms. The minimum atomic E-state index is 0.00909. The summed E-state index contributed by atoms with van der Waals surface area (Å²) in [6.45, 7) is 1.61. The van der Waals surface area contributed by atoms with E-state index in [1.165, 1.54) is 16.7 Å². The van der Waals surface area contributed by atoms with Crippen molar-refractivity contribution in [2.75, 3.05) is 0 Å². The predicted molar refractivity (Wildman–Crippen MR) is 101 cm³/mol. The summed E-state index contributed by atoms with van der Waals surface area (Å²) in [6.07, 6.45) is 5.47. The Hall–Kier alpha value is -2.68. The predicted octanol–water partition coefficient (Wildman–Crippen LogP) is 4.83. The Morgan fingerprint density at radius 1 is 1.08 bits per heavy atom. The standard InChI is InChI=1S/C22H22N2O/c1-16(25)24-22(18-11-6-3-7-12-18)20-14-8-13-19(21(20)23-24)15-17-9-4-2-5-10-17/h2-7,9-12,15,20,22H,8,13-14H2,1H3/b19-15-/t20-,22+/m1/s1. The van der Waals surface area contributed by atoms with Gasteiger partial charge in [0.1, 0.15) is 0 Å². The molecule has 3 nitrogen and oxygen atoms in total. The van der Waals surface area contributed by atoms with Crippen LogP contribution < -0.4 is 0 Å². The Morgan fingerprint density at radius 2 is 1.76 bits per heavy atom. The summed E-state index contributed by atoms with van der Waals surface area (Å²) in [7, 11) is 0. The normalized spacial score (nSPS) is 24.1. The average molecular weight is 330 g/mol. The number of hydrazone groups is 1. The Balaban J connectivity index is 1.74. The largest absolute Gasteiger partial charge is 0.273 e. The molecule has 1 saturated carbocycles. The summed E-state index contributed by atoms with van der Waals surface area (Å²) < 4.78 is 0. The molecule has 1 aliphatic heterocycles. The maximum absolute atomic E-state index is 12.2. The van der Waals surface area contributed by atoms with Gasteiger partial charge in [-0.3, -0.25) is 4.79 Å². The maximum Gasteiger partial charge on any atom is 0.240 e. The van der Waals surface area contributed by atoms with Gasteiger partial charge < -0.3 is 0 Å². The molecule has 0 N–H and O–H groups in total. The first kappa shape index (κ1) is 15.8. The fourth-order valence-corrected chi connectivity index (χ4v) is 4.00. The van der Waals surface area contributed by atoms with Gasteiger partial charge in [-0.2, -0.15) is 5.10 Å². The third-order valence-corrected chi connectivity index (χ3v) is 5.11. The van der Waals surface area contributed by atoms with E-state index < -0.39 is 0 Å². The zero-order chi connectivity index (χ0) is 17.2. The molecule has 0 saturated heterocycles. The van der Waals surface area contributed by atoms with Crippen molar-refractivity contribution >= 4 is 17.7 Å². The van der Waals surface area contributed by atoms with Crippen molar-refractivity contribution in [2.45, 2.75) is 32.2 Å². The summed E-state index contributed by atoms with van der Waals surface area (Å²) >= 11 is 0. The van der Waals surface area contributed by atoms with Crippen molar-refractivity contribution in [3.8, 4) is 0 Å². The molecule has 1 fully saturated rings. The number of carbonyl (C=O) groups excluding carboxylic acids is 1. The van der Waals surface area contributed by atoms with Gasteiger partial charge >= 0.3 is 0 Å². The van der Waals surface area contributed by atoms with E-state index in [2.05, 4.69) is 42.5 Å². The summed E-state index contributed by atoms with van der Waals surface area (Å²) in [5.74, 6) is 0.296. The van der Waals surface area contributed by atoms with Crippen LogP contribution in [0.5, 0.6) is 0 Å². The van der Waals surface area contributed by atoms with Crippen LogP contribution in [-0.2, 0) is 4.79 Å². The number of amides is 1. The van der Waals surface area contributed by atoms with Crippen LogP contribution in [0.2, 0.25) is 0 Å². The molecule has 2 aliphatic rings. The van der Waals surface area contributed by atoms with Gasteiger partial charge in [0, 0.05) is 12.8 Å². The van der Waals surface area contributed by atoms with Crippen LogP contribution >= 0.6 is 0 Å². The van der Waals surface area contributed by atoms with E-state index in [-0.39, 0.29) is 17.9 Å². The van der Waals surface area contributed by atoms with E-state index in [4.69, 9.17) is 5.10 Å². The minimum absolute atomic E-state index is 0.00909. The molecule has 4 rings (SSSR count). The molecule has 1 heterocycles. The Bertz CT molecular complexity index is 824. The first-order valence-corrected chi connectivity index (χ1v) is 8.93. The van der Waals surface area contributed by atoms with Crippen molar-refractivity contribution in [3.63, 3.8) is 0 Å². The lowest BCUT2D eigenvalue weighted by Crippen LogP contribution is -2.30. The second kappa shape index (κ2) is 6.67. The lowest BCUT2D eigenvalue weighted by molar-refractivity contribution is -0.131. The van der Waals surface area contributed by atoms with Gasteiger partial charge in [0.2, 0.25) is 5.91 Å². The third-order valence-electron chi connectivity index (χ3n) is 5.11. The molecule has 0 radical (unpaired) electrons. The molecule has 0 spiro atoms. The zero-order valence-electron chi connectivity index (χ0n) is 14.4. The molecular weight excluding hydrogens is 308 g/mol. The molecule has 1 amide bonds. The van der Waals surface area contributed by atoms with E-state index in [1.807, 2.05) is 24.3 Å². The zero-order valence-corrected chi connectivity index (χ0v) is 14.4. The molecule has 2 aromatic rings. The highest BCUT2D eigenvalue weighted by Gasteiger charge is 2.42. The van der Waals surface area contributed by atoms with Crippen LogP contribution in [0.25, 0.3) is 6.08 Å². The van der Waals surface area contributed by atoms with Crippen molar-refractivity contribution in [2.24, 2.45) is 11.0 Å². The third kappa shape index (κ3) is 3.02. The van der Waals surface area contributed by atoms with E-state index in [9.17, 15) is 4.79 Å². The van der Waals surface area contributed by atoms with Crippen molar-refractivity contribution in [1.29, 1.82) is 0 Å². The molecule has 0 aromatic heterocycles. The molecule has 126 valence electrons. The highest BCUT2D eigenvalue weighted by atomic mass is 16.2. The lowest BCUT2D eigenvalue weighted by atomic mass is 9.77. The van der Waals surface area contributed by atoms with Gasteiger partial charge in [-0.05, 0) is 42.0 Å².